The molecule has 5 aliphatic carbocycles. The maximum atomic E-state index is 14.1. The summed E-state index contributed by atoms with van der Waals surface area (Å²) >= 11 is 0. The number of allylic oxidation sites excluding steroid dienone is 1. The minimum absolute atomic E-state index is 0.0433. The molecule has 40 heavy (non-hydrogen) atoms. The van der Waals surface area contributed by atoms with Gasteiger partial charge in [0.25, 0.3) is 0 Å². The molecule has 1 aliphatic heterocycles. The first-order chi connectivity index (χ1) is 18.9. The molecule has 0 aromatic carbocycles. The topological polar surface area (TPSA) is 76.0 Å². The number of carbonyl (C=O) groups is 1. The molecule has 0 spiro atoms. The second-order valence-corrected chi connectivity index (χ2v) is 16.3. The Kier molecular flexibility index (Phi) is 7.15. The van der Waals surface area contributed by atoms with Gasteiger partial charge in [0, 0.05) is 12.0 Å². The van der Waals surface area contributed by atoms with Crippen LogP contribution in [-0.4, -0.2) is 48.2 Å². The summed E-state index contributed by atoms with van der Waals surface area (Å²) in [6, 6.07) is 0. The van der Waals surface area contributed by atoms with Gasteiger partial charge in [0.05, 0.1) is 24.2 Å². The lowest BCUT2D eigenvalue weighted by Gasteiger charge is -2.72. The van der Waals surface area contributed by atoms with Gasteiger partial charge >= 0.3 is 5.97 Å². The lowest BCUT2D eigenvalue weighted by atomic mass is 9.32. The van der Waals surface area contributed by atoms with Gasteiger partial charge in [0.15, 0.2) is 0 Å². The molecule has 0 amide bonds. The van der Waals surface area contributed by atoms with Gasteiger partial charge in [-0.3, -0.25) is 4.79 Å². The Morgan fingerprint density at radius 2 is 1.70 bits per heavy atom. The van der Waals surface area contributed by atoms with Crippen LogP contribution in [0.3, 0.4) is 0 Å². The molecule has 5 saturated carbocycles. The van der Waals surface area contributed by atoms with Crippen LogP contribution >= 0.6 is 0 Å². The van der Waals surface area contributed by atoms with Gasteiger partial charge in [-0.25, -0.2) is 0 Å². The highest BCUT2D eigenvalue weighted by atomic mass is 16.6. The van der Waals surface area contributed by atoms with E-state index in [-0.39, 0.29) is 40.3 Å². The van der Waals surface area contributed by atoms with Gasteiger partial charge in [0.2, 0.25) is 0 Å². The zero-order valence-electron chi connectivity index (χ0n) is 26.0. The summed E-state index contributed by atoms with van der Waals surface area (Å²) in [6.07, 6.45) is 12.1. The van der Waals surface area contributed by atoms with E-state index < -0.39 is 11.5 Å². The first kappa shape index (κ1) is 29.2. The highest BCUT2D eigenvalue weighted by Crippen LogP contribution is 2.77. The predicted molar refractivity (Wildman–Crippen MR) is 156 cm³/mol. The van der Waals surface area contributed by atoms with Crippen molar-refractivity contribution in [3.63, 3.8) is 0 Å². The van der Waals surface area contributed by atoms with Crippen LogP contribution in [0.15, 0.2) is 12.2 Å². The Morgan fingerprint density at radius 3 is 2.38 bits per heavy atom. The molecule has 5 unspecified atom stereocenters. The lowest BCUT2D eigenvalue weighted by Crippen LogP contribution is -2.67. The van der Waals surface area contributed by atoms with Crippen LogP contribution in [0.4, 0.5) is 0 Å². The minimum atomic E-state index is -0.420. The van der Waals surface area contributed by atoms with E-state index in [9.17, 15) is 15.0 Å². The number of carbonyl (C=O) groups excluding carboxylic acids is 1. The van der Waals surface area contributed by atoms with Crippen molar-refractivity contribution < 1.29 is 24.5 Å². The minimum Gasteiger partial charge on any atom is -0.462 e. The summed E-state index contributed by atoms with van der Waals surface area (Å²) in [7, 11) is 0. The van der Waals surface area contributed by atoms with Gasteiger partial charge in [-0.05, 0) is 130 Å². The Labute approximate surface area is 242 Å². The van der Waals surface area contributed by atoms with E-state index in [0.717, 1.165) is 77.2 Å². The molecule has 0 bridgehead atoms. The Morgan fingerprint density at radius 1 is 0.925 bits per heavy atom. The Hall–Kier alpha value is -0.910. The highest BCUT2D eigenvalue weighted by molar-refractivity contribution is 5.78. The van der Waals surface area contributed by atoms with Crippen LogP contribution in [0.25, 0.3) is 0 Å². The van der Waals surface area contributed by atoms with Crippen LogP contribution in [0, 0.1) is 56.7 Å². The zero-order chi connectivity index (χ0) is 28.7. The standard InChI is InChI=1S/C35H56O5/c1-22(2)24-11-16-35(30(38)40-20-23-8-7-19-39-23)18-17-33(5)25(29(24)35)9-10-27-31(3)14-13-28(37)32(4,21-36)26(31)12-15-34(27,33)6/h23-29,36-37H,1,7-21H2,2-6H3/t23?,24-,25?,26?,27?,28-,29?,31-,32-,33+,34+,35-/m0/s1. The average molecular weight is 557 g/mol. The van der Waals surface area contributed by atoms with Crippen molar-refractivity contribution >= 4 is 5.97 Å². The highest BCUT2D eigenvalue weighted by Gasteiger charge is 2.72. The van der Waals surface area contributed by atoms with Crippen LogP contribution in [0.2, 0.25) is 0 Å². The molecule has 12 atom stereocenters. The molecule has 226 valence electrons. The molecule has 0 aromatic heterocycles. The molecule has 0 aromatic rings. The summed E-state index contributed by atoms with van der Waals surface area (Å²) in [5.74, 6) is 2.14. The first-order valence-corrected chi connectivity index (χ1v) is 16.6. The summed E-state index contributed by atoms with van der Waals surface area (Å²) < 4.78 is 11.9. The SMILES string of the molecule is C=C(C)[C@@H]1CC[C@]2(C(=O)OCC3CCCO3)CC[C@]3(C)C(CCC4[C@@]5(C)CC[C@H](O)[C@@](C)(CO)C5CC[C@]43C)C12. The second kappa shape index (κ2) is 9.81. The molecule has 1 saturated heterocycles. The van der Waals surface area contributed by atoms with Crippen molar-refractivity contribution in [3.8, 4) is 0 Å². The summed E-state index contributed by atoms with van der Waals surface area (Å²) in [5, 5.41) is 21.6. The molecule has 6 fully saturated rings. The lowest BCUT2D eigenvalue weighted by molar-refractivity contribution is -0.254. The molecular weight excluding hydrogens is 500 g/mol. The van der Waals surface area contributed by atoms with Crippen LogP contribution in [0.5, 0.6) is 0 Å². The van der Waals surface area contributed by atoms with Crippen LogP contribution < -0.4 is 0 Å². The number of aliphatic hydroxyl groups excluding tert-OH is 2. The van der Waals surface area contributed by atoms with Crippen LogP contribution in [-0.2, 0) is 14.3 Å². The number of hydrogen-bond donors (Lipinski definition) is 2. The molecule has 6 aliphatic rings. The Bertz CT molecular complexity index is 1020. The number of esters is 1. The zero-order valence-corrected chi connectivity index (χ0v) is 26.0. The van der Waals surface area contributed by atoms with E-state index in [1.165, 1.54) is 12.0 Å². The molecule has 5 heteroatoms. The Balaban J connectivity index is 1.33. The van der Waals surface area contributed by atoms with Gasteiger partial charge < -0.3 is 19.7 Å². The van der Waals surface area contributed by atoms with Crippen molar-refractivity contribution in [3.05, 3.63) is 12.2 Å². The fourth-order valence-electron chi connectivity index (χ4n) is 12.6. The van der Waals surface area contributed by atoms with Gasteiger partial charge in [0.1, 0.15) is 6.61 Å². The van der Waals surface area contributed by atoms with Crippen molar-refractivity contribution in [2.45, 2.75) is 124 Å². The molecule has 5 nitrogen and oxygen atoms in total. The van der Waals surface area contributed by atoms with Crippen molar-refractivity contribution in [1.29, 1.82) is 0 Å². The summed E-state index contributed by atoms with van der Waals surface area (Å²) in [4.78, 5) is 14.1. The monoisotopic (exact) mass is 556 g/mol. The summed E-state index contributed by atoms with van der Waals surface area (Å²) in [6.45, 7) is 17.7. The van der Waals surface area contributed by atoms with Crippen LogP contribution in [0.1, 0.15) is 112 Å². The molecule has 6 rings (SSSR count). The average Bonchev–Trinajstić information content (AvgIpc) is 3.59. The number of hydrogen-bond acceptors (Lipinski definition) is 5. The maximum absolute atomic E-state index is 14.1. The van der Waals surface area contributed by atoms with Crippen molar-refractivity contribution in [1.82, 2.24) is 0 Å². The first-order valence-electron chi connectivity index (χ1n) is 16.6. The second-order valence-electron chi connectivity index (χ2n) is 16.3. The number of aliphatic hydroxyl groups is 2. The van der Waals surface area contributed by atoms with Gasteiger partial charge in [-0.1, -0.05) is 39.8 Å². The third-order valence-corrected chi connectivity index (χ3v) is 15.0. The largest absolute Gasteiger partial charge is 0.462 e. The molecular formula is C35H56O5. The van der Waals surface area contributed by atoms with Crippen molar-refractivity contribution in [2.75, 3.05) is 19.8 Å². The van der Waals surface area contributed by atoms with E-state index in [0.29, 0.717) is 36.2 Å². The third-order valence-electron chi connectivity index (χ3n) is 15.0. The van der Waals surface area contributed by atoms with E-state index in [4.69, 9.17) is 9.47 Å². The fraction of sp³-hybridized carbons (Fsp3) is 0.914. The van der Waals surface area contributed by atoms with Gasteiger partial charge in [-0.15, -0.1) is 0 Å². The molecule has 1 heterocycles. The maximum Gasteiger partial charge on any atom is 0.312 e. The fourth-order valence-corrected chi connectivity index (χ4v) is 12.6. The van der Waals surface area contributed by atoms with E-state index >= 15 is 0 Å². The quantitative estimate of drug-likeness (QED) is 0.291. The third kappa shape index (κ3) is 3.78. The molecule has 0 radical (unpaired) electrons. The predicted octanol–water partition coefficient (Wildman–Crippen LogP) is 6.70. The van der Waals surface area contributed by atoms with E-state index in [2.05, 4.69) is 41.2 Å². The van der Waals surface area contributed by atoms with E-state index in [1.54, 1.807) is 0 Å². The number of fused-ring (bicyclic) bond motifs is 7. The smallest absolute Gasteiger partial charge is 0.312 e. The number of rotatable bonds is 5. The number of ether oxygens (including phenoxy) is 2. The van der Waals surface area contributed by atoms with Gasteiger partial charge in [-0.2, -0.15) is 0 Å². The normalized spacial score (nSPS) is 53.6. The summed E-state index contributed by atoms with van der Waals surface area (Å²) in [5.41, 5.74) is 0.881. The van der Waals surface area contributed by atoms with Crippen molar-refractivity contribution in [2.24, 2.45) is 56.7 Å². The van der Waals surface area contributed by atoms with E-state index in [1.807, 2.05) is 0 Å². The molecule has 2 N–H and O–H groups in total.